The molecule has 0 saturated heterocycles. The van der Waals surface area contributed by atoms with E-state index in [1.807, 2.05) is 6.08 Å². The van der Waals surface area contributed by atoms with Crippen molar-refractivity contribution in [1.82, 2.24) is 10.0 Å². The highest BCUT2D eigenvalue weighted by Gasteiger charge is 2.21. The highest BCUT2D eigenvalue weighted by atomic mass is 32.2. The van der Waals surface area contributed by atoms with Gasteiger partial charge in [-0.25, -0.2) is 17.9 Å². The Labute approximate surface area is 135 Å². The zero-order chi connectivity index (χ0) is 16.9. The topological polar surface area (TPSA) is 93.7 Å². The second-order valence-electron chi connectivity index (χ2n) is 5.00. The maximum Gasteiger partial charge on any atom is 0.337 e. The number of rotatable bonds is 6. The summed E-state index contributed by atoms with van der Waals surface area (Å²) in [6.45, 7) is 1.84. The van der Waals surface area contributed by atoms with Crippen LogP contribution in [0.3, 0.4) is 0 Å². The molecule has 0 aliphatic carbocycles. The van der Waals surface area contributed by atoms with E-state index in [0.29, 0.717) is 0 Å². The molecule has 0 aromatic heterocycles. The Bertz CT molecular complexity index is 713. The van der Waals surface area contributed by atoms with Gasteiger partial charge in [0.25, 0.3) is 0 Å². The van der Waals surface area contributed by atoms with Crippen LogP contribution in [0.4, 0.5) is 0 Å². The van der Waals surface area contributed by atoms with Crippen LogP contribution < -0.4 is 14.8 Å². The van der Waals surface area contributed by atoms with Gasteiger partial charge in [0.05, 0.1) is 19.8 Å². The predicted molar refractivity (Wildman–Crippen MR) is 85.1 cm³/mol. The van der Waals surface area contributed by atoms with Crippen molar-refractivity contribution in [2.75, 3.05) is 33.9 Å². The van der Waals surface area contributed by atoms with Crippen LogP contribution in [0.1, 0.15) is 16.8 Å². The molecule has 1 aliphatic heterocycles. The first kappa shape index (κ1) is 17.5. The smallest absolute Gasteiger partial charge is 0.337 e. The summed E-state index contributed by atoms with van der Waals surface area (Å²) in [4.78, 5) is 11.5. The number of esters is 1. The maximum atomic E-state index is 12.5. The minimum Gasteiger partial charge on any atom is -0.495 e. The summed E-state index contributed by atoms with van der Waals surface area (Å²) in [6.07, 6.45) is 2.78. The van der Waals surface area contributed by atoms with E-state index >= 15 is 0 Å². The lowest BCUT2D eigenvalue weighted by Gasteiger charge is -2.16. The van der Waals surface area contributed by atoms with Gasteiger partial charge in [-0.1, -0.05) is 11.6 Å². The molecule has 0 fully saturated rings. The molecular weight excluding hydrogens is 320 g/mol. The van der Waals surface area contributed by atoms with Crippen LogP contribution in [-0.2, 0) is 14.8 Å². The fourth-order valence-electron chi connectivity index (χ4n) is 2.23. The molecule has 1 aromatic rings. The lowest BCUT2D eigenvalue weighted by atomic mass is 10.1. The van der Waals surface area contributed by atoms with Crippen molar-refractivity contribution in [2.45, 2.75) is 11.3 Å². The molecule has 1 aliphatic rings. The molecule has 7 nitrogen and oxygen atoms in total. The first-order valence-corrected chi connectivity index (χ1v) is 8.61. The van der Waals surface area contributed by atoms with E-state index in [1.165, 1.54) is 32.4 Å². The molecule has 1 aromatic carbocycles. The van der Waals surface area contributed by atoms with Gasteiger partial charge in [0.1, 0.15) is 10.6 Å². The third-order valence-corrected chi connectivity index (χ3v) is 4.96. The third kappa shape index (κ3) is 4.31. The van der Waals surface area contributed by atoms with Crippen molar-refractivity contribution in [2.24, 2.45) is 0 Å². The molecule has 126 valence electrons. The Kier molecular flexibility index (Phi) is 5.75. The Morgan fingerprint density at radius 2 is 2.13 bits per heavy atom. The van der Waals surface area contributed by atoms with E-state index in [4.69, 9.17) is 4.74 Å². The second-order valence-corrected chi connectivity index (χ2v) is 6.73. The molecule has 0 atom stereocenters. The number of sulfonamides is 1. The van der Waals surface area contributed by atoms with Crippen LogP contribution in [0.2, 0.25) is 0 Å². The number of methoxy groups -OCH3 is 2. The molecule has 0 amide bonds. The molecular formula is C15H20N2O5S. The summed E-state index contributed by atoms with van der Waals surface area (Å²) in [5.74, 6) is -0.459. The average molecular weight is 340 g/mol. The predicted octanol–water partition coefficient (Wildman–Crippen LogP) is 0.680. The fourth-order valence-corrected chi connectivity index (χ4v) is 3.42. The minimum atomic E-state index is -3.74. The molecule has 0 saturated carbocycles. The summed E-state index contributed by atoms with van der Waals surface area (Å²) in [7, 11) is -1.13. The number of ether oxygens (including phenoxy) is 2. The maximum absolute atomic E-state index is 12.5. The first-order chi connectivity index (χ1) is 11.0. The number of carbonyl (C=O) groups excluding carboxylic acids is 1. The SMILES string of the molecule is COC(=O)c1ccc(S(=O)(=O)NCC2=CCNCC2)c(OC)c1. The Morgan fingerprint density at radius 1 is 1.35 bits per heavy atom. The van der Waals surface area contributed by atoms with Crippen molar-refractivity contribution >= 4 is 16.0 Å². The van der Waals surface area contributed by atoms with E-state index in [0.717, 1.165) is 25.1 Å². The van der Waals surface area contributed by atoms with E-state index in [1.54, 1.807) is 0 Å². The largest absolute Gasteiger partial charge is 0.495 e. The van der Waals surface area contributed by atoms with Crippen LogP contribution in [0.5, 0.6) is 5.75 Å². The van der Waals surface area contributed by atoms with Gasteiger partial charge in [-0.2, -0.15) is 0 Å². The van der Waals surface area contributed by atoms with Gasteiger partial charge in [-0.3, -0.25) is 0 Å². The number of nitrogens with one attached hydrogen (secondary N) is 2. The van der Waals surface area contributed by atoms with Gasteiger partial charge in [-0.05, 0) is 31.2 Å². The van der Waals surface area contributed by atoms with Gasteiger partial charge in [0.2, 0.25) is 10.0 Å². The fraction of sp³-hybridized carbons (Fsp3) is 0.400. The van der Waals surface area contributed by atoms with Crippen LogP contribution in [-0.4, -0.2) is 48.2 Å². The number of hydrogen-bond donors (Lipinski definition) is 2. The highest BCUT2D eigenvalue weighted by Crippen LogP contribution is 2.25. The minimum absolute atomic E-state index is 0.0119. The van der Waals surface area contributed by atoms with Crippen molar-refractivity contribution in [3.8, 4) is 5.75 Å². The molecule has 2 rings (SSSR count). The quantitative estimate of drug-likeness (QED) is 0.584. The lowest BCUT2D eigenvalue weighted by Crippen LogP contribution is -2.30. The van der Waals surface area contributed by atoms with Crippen LogP contribution in [0.15, 0.2) is 34.7 Å². The standard InChI is InChI=1S/C15H20N2O5S/c1-21-13-9-12(15(18)22-2)3-4-14(13)23(19,20)17-10-11-5-7-16-8-6-11/h3-5,9,16-17H,6-8,10H2,1-2H3. The Hall–Kier alpha value is -1.90. The van der Waals surface area contributed by atoms with Gasteiger partial charge >= 0.3 is 5.97 Å². The number of benzene rings is 1. The van der Waals surface area contributed by atoms with E-state index in [-0.39, 0.29) is 22.8 Å². The van der Waals surface area contributed by atoms with Crippen molar-refractivity contribution in [1.29, 1.82) is 0 Å². The molecule has 0 spiro atoms. The zero-order valence-corrected chi connectivity index (χ0v) is 13.9. The highest BCUT2D eigenvalue weighted by molar-refractivity contribution is 7.89. The summed E-state index contributed by atoms with van der Waals surface area (Å²) in [6, 6.07) is 4.08. The van der Waals surface area contributed by atoms with Gasteiger partial charge in [0, 0.05) is 13.1 Å². The van der Waals surface area contributed by atoms with Crippen molar-refractivity contribution in [3.05, 3.63) is 35.4 Å². The molecule has 0 radical (unpaired) electrons. The molecule has 1 heterocycles. The lowest BCUT2D eigenvalue weighted by molar-refractivity contribution is 0.0600. The zero-order valence-electron chi connectivity index (χ0n) is 13.1. The summed E-state index contributed by atoms with van der Waals surface area (Å²) < 4.78 is 37.2. The molecule has 23 heavy (non-hydrogen) atoms. The van der Waals surface area contributed by atoms with Gasteiger partial charge in [0.15, 0.2) is 0 Å². The monoisotopic (exact) mass is 340 g/mol. The average Bonchev–Trinajstić information content (AvgIpc) is 2.59. The van der Waals surface area contributed by atoms with Crippen LogP contribution >= 0.6 is 0 Å². The summed E-state index contributed by atoms with van der Waals surface area (Å²) >= 11 is 0. The Morgan fingerprint density at radius 3 is 2.74 bits per heavy atom. The van der Waals surface area contributed by atoms with E-state index in [2.05, 4.69) is 14.8 Å². The van der Waals surface area contributed by atoms with Gasteiger partial charge in [-0.15, -0.1) is 0 Å². The molecule has 0 unspecified atom stereocenters. The van der Waals surface area contributed by atoms with Crippen molar-refractivity contribution in [3.63, 3.8) is 0 Å². The van der Waals surface area contributed by atoms with Crippen molar-refractivity contribution < 1.29 is 22.7 Å². The van der Waals surface area contributed by atoms with Gasteiger partial charge < -0.3 is 14.8 Å². The molecule has 8 heteroatoms. The first-order valence-electron chi connectivity index (χ1n) is 7.12. The van der Waals surface area contributed by atoms with Crippen LogP contribution in [0, 0.1) is 0 Å². The normalized spacial score (nSPS) is 15.0. The number of carbonyl (C=O) groups is 1. The summed E-state index contributed by atoms with van der Waals surface area (Å²) in [5, 5.41) is 3.17. The van der Waals surface area contributed by atoms with Crippen LogP contribution in [0.25, 0.3) is 0 Å². The Balaban J connectivity index is 2.21. The van der Waals surface area contributed by atoms with E-state index < -0.39 is 16.0 Å². The second kappa shape index (κ2) is 7.58. The summed E-state index contributed by atoms with van der Waals surface area (Å²) in [5.41, 5.74) is 1.27. The third-order valence-electron chi connectivity index (χ3n) is 3.52. The molecule has 0 bridgehead atoms. The number of hydrogen-bond acceptors (Lipinski definition) is 6. The van der Waals surface area contributed by atoms with E-state index in [9.17, 15) is 13.2 Å². The molecule has 2 N–H and O–H groups in total.